The summed E-state index contributed by atoms with van der Waals surface area (Å²) in [5.41, 5.74) is -0.753. The number of nitrogens with zero attached hydrogens (tertiary/aromatic N) is 1. The van der Waals surface area contributed by atoms with Crippen molar-refractivity contribution < 1.29 is 32.6 Å². The molecule has 2 N–H and O–H groups in total. The van der Waals surface area contributed by atoms with Gasteiger partial charge in [-0.3, -0.25) is 4.79 Å². The predicted octanol–water partition coefficient (Wildman–Crippen LogP) is 2.61. The highest BCUT2D eigenvalue weighted by atomic mass is 35.5. The number of hydrogen-bond donors (Lipinski definition) is 2. The SMILES string of the molecule is CC(=N)/C(C(C)=O)=C(/O)COC(=O)c1cc(S(=O)(=O)N2CCOCC2)c(Cl)cc1Cl. The average Bonchev–Trinajstić information content (AvgIpc) is 2.66. The first-order valence-corrected chi connectivity index (χ1v) is 10.9. The zero-order valence-electron chi connectivity index (χ0n) is 16.2. The fourth-order valence-corrected chi connectivity index (χ4v) is 5.01. The number of sulfonamides is 1. The third-order valence-electron chi connectivity index (χ3n) is 4.18. The van der Waals surface area contributed by atoms with E-state index in [9.17, 15) is 23.1 Å². The van der Waals surface area contributed by atoms with Crippen LogP contribution in [-0.4, -0.2) is 68.2 Å². The summed E-state index contributed by atoms with van der Waals surface area (Å²) in [6.45, 7) is 2.49. The normalized spacial score (nSPS) is 16.0. The summed E-state index contributed by atoms with van der Waals surface area (Å²) in [6, 6.07) is 2.12. The molecular formula is C18H20Cl2N2O7S. The van der Waals surface area contributed by atoms with Crippen molar-refractivity contribution in [1.29, 1.82) is 5.41 Å². The third kappa shape index (κ3) is 5.38. The molecule has 0 aromatic heterocycles. The van der Waals surface area contributed by atoms with E-state index in [1.807, 2.05) is 0 Å². The van der Waals surface area contributed by atoms with E-state index < -0.39 is 34.1 Å². The fraction of sp³-hybridized carbons (Fsp3) is 0.389. The van der Waals surface area contributed by atoms with Crippen molar-refractivity contribution in [3.05, 3.63) is 39.1 Å². The Balaban J connectivity index is 2.33. The van der Waals surface area contributed by atoms with E-state index in [0.717, 1.165) is 19.1 Å². The van der Waals surface area contributed by atoms with Crippen molar-refractivity contribution in [1.82, 2.24) is 4.31 Å². The van der Waals surface area contributed by atoms with E-state index in [1.54, 1.807) is 0 Å². The molecule has 0 radical (unpaired) electrons. The molecule has 0 bridgehead atoms. The van der Waals surface area contributed by atoms with E-state index >= 15 is 0 Å². The van der Waals surface area contributed by atoms with Crippen LogP contribution in [0.25, 0.3) is 0 Å². The van der Waals surface area contributed by atoms with E-state index in [-0.39, 0.29) is 58.1 Å². The van der Waals surface area contributed by atoms with Gasteiger partial charge in [0.2, 0.25) is 10.0 Å². The van der Waals surface area contributed by atoms with Crippen LogP contribution in [0.5, 0.6) is 0 Å². The molecule has 1 aliphatic rings. The van der Waals surface area contributed by atoms with Crippen LogP contribution >= 0.6 is 23.2 Å². The Morgan fingerprint density at radius 2 is 1.80 bits per heavy atom. The van der Waals surface area contributed by atoms with E-state index in [0.29, 0.717) is 0 Å². The van der Waals surface area contributed by atoms with Crippen molar-refractivity contribution in [2.45, 2.75) is 18.7 Å². The first-order valence-electron chi connectivity index (χ1n) is 8.69. The van der Waals surface area contributed by atoms with Crippen molar-refractivity contribution in [3.63, 3.8) is 0 Å². The number of halogens is 2. The molecule has 0 atom stereocenters. The van der Waals surface area contributed by atoms with Gasteiger partial charge in [0.15, 0.2) is 5.78 Å². The summed E-state index contributed by atoms with van der Waals surface area (Å²) in [4.78, 5) is 23.7. The Morgan fingerprint density at radius 1 is 1.20 bits per heavy atom. The summed E-state index contributed by atoms with van der Waals surface area (Å²) in [6.07, 6.45) is 0. The molecule has 1 aromatic rings. The molecule has 0 spiro atoms. The van der Waals surface area contributed by atoms with E-state index in [2.05, 4.69) is 0 Å². The minimum atomic E-state index is -4.01. The number of aliphatic hydroxyl groups is 1. The topological polar surface area (TPSA) is 134 Å². The first-order chi connectivity index (χ1) is 14.0. The highest BCUT2D eigenvalue weighted by molar-refractivity contribution is 7.89. The summed E-state index contributed by atoms with van der Waals surface area (Å²) in [5, 5.41) is 17.2. The number of rotatable bonds is 7. The third-order valence-corrected chi connectivity index (χ3v) is 6.86. The number of benzene rings is 1. The van der Waals surface area contributed by atoms with Gasteiger partial charge in [-0.15, -0.1) is 0 Å². The largest absolute Gasteiger partial charge is 0.508 e. The second kappa shape index (κ2) is 9.88. The van der Waals surface area contributed by atoms with Crippen molar-refractivity contribution in [2.75, 3.05) is 32.9 Å². The lowest BCUT2D eigenvalue weighted by molar-refractivity contribution is -0.113. The monoisotopic (exact) mass is 478 g/mol. The lowest BCUT2D eigenvalue weighted by Crippen LogP contribution is -2.40. The summed E-state index contributed by atoms with van der Waals surface area (Å²) >= 11 is 12.1. The van der Waals surface area contributed by atoms with Crippen molar-refractivity contribution in [2.24, 2.45) is 0 Å². The molecule has 1 heterocycles. The molecule has 0 unspecified atom stereocenters. The molecule has 0 amide bonds. The molecule has 2 rings (SSSR count). The molecule has 1 saturated heterocycles. The Bertz CT molecular complexity index is 1000. The predicted molar refractivity (Wildman–Crippen MR) is 110 cm³/mol. The lowest BCUT2D eigenvalue weighted by atomic mass is 10.1. The smallest absolute Gasteiger partial charge is 0.340 e. The zero-order chi connectivity index (χ0) is 22.6. The van der Waals surface area contributed by atoms with Gasteiger partial charge in [0.1, 0.15) is 17.3 Å². The maximum absolute atomic E-state index is 12.9. The molecule has 9 nitrogen and oxygen atoms in total. The Kier molecular flexibility index (Phi) is 8.00. The van der Waals surface area contributed by atoms with Gasteiger partial charge in [-0.05, 0) is 26.0 Å². The number of aliphatic hydroxyl groups excluding tert-OH is 1. The van der Waals surface area contributed by atoms with Crippen LogP contribution in [0.15, 0.2) is 28.4 Å². The molecular weight excluding hydrogens is 459 g/mol. The van der Waals surface area contributed by atoms with Crippen LogP contribution in [0.4, 0.5) is 0 Å². The van der Waals surface area contributed by atoms with Crippen molar-refractivity contribution in [3.8, 4) is 0 Å². The molecule has 0 aliphatic carbocycles. The number of carbonyl (C=O) groups excluding carboxylic acids is 2. The van der Waals surface area contributed by atoms with Crippen LogP contribution in [0, 0.1) is 5.41 Å². The minimum Gasteiger partial charge on any atom is -0.508 e. The number of Topliss-reactive ketones (excluding diaryl/α,β-unsaturated/α-hetero) is 1. The van der Waals surface area contributed by atoms with E-state index in [1.165, 1.54) is 11.2 Å². The molecule has 1 aliphatic heterocycles. The molecule has 0 saturated carbocycles. The number of ketones is 1. The molecule has 1 aromatic carbocycles. The van der Waals surface area contributed by atoms with E-state index in [4.69, 9.17) is 38.1 Å². The second-order valence-electron chi connectivity index (χ2n) is 6.36. The zero-order valence-corrected chi connectivity index (χ0v) is 18.5. The lowest BCUT2D eigenvalue weighted by Gasteiger charge is -2.26. The van der Waals surface area contributed by atoms with Crippen LogP contribution in [0.3, 0.4) is 0 Å². The van der Waals surface area contributed by atoms with Gasteiger partial charge in [-0.2, -0.15) is 4.31 Å². The Labute approximate surface area is 183 Å². The molecule has 164 valence electrons. The van der Waals surface area contributed by atoms with Gasteiger partial charge in [0, 0.05) is 18.8 Å². The number of carbonyl (C=O) groups is 2. The van der Waals surface area contributed by atoms with Crippen molar-refractivity contribution >= 4 is 50.7 Å². The number of ether oxygens (including phenoxy) is 2. The summed E-state index contributed by atoms with van der Waals surface area (Å²) < 4.78 is 37.0. The number of nitrogens with one attached hydrogen (secondary N) is 1. The van der Waals surface area contributed by atoms with Gasteiger partial charge >= 0.3 is 5.97 Å². The number of allylic oxidation sites excluding steroid dienone is 1. The number of esters is 1. The highest BCUT2D eigenvalue weighted by Crippen LogP contribution is 2.31. The van der Waals surface area contributed by atoms with Gasteiger partial charge in [0.25, 0.3) is 0 Å². The van der Waals surface area contributed by atoms with Gasteiger partial charge in [-0.25, -0.2) is 13.2 Å². The Morgan fingerprint density at radius 3 is 2.33 bits per heavy atom. The van der Waals surface area contributed by atoms with Gasteiger partial charge in [0.05, 0.1) is 34.4 Å². The first kappa shape index (κ1) is 24.3. The van der Waals surface area contributed by atoms with Gasteiger partial charge < -0.3 is 20.0 Å². The maximum atomic E-state index is 12.9. The Hall–Kier alpha value is -1.98. The minimum absolute atomic E-state index is 0.135. The quantitative estimate of drug-likeness (QED) is 0.266. The standard InChI is InChI=1S/C18H20Cl2N2O7S/c1-10(21)17(11(2)23)15(24)9-29-18(25)12-7-16(14(20)8-13(12)19)30(26,27)22-3-5-28-6-4-22/h7-8,21,24H,3-6,9H2,1-2H3/b17-15-,21-10?. The van der Waals surface area contributed by atoms with Crippen LogP contribution in [-0.2, 0) is 24.3 Å². The summed E-state index contributed by atoms with van der Waals surface area (Å²) in [5.74, 6) is -2.21. The average molecular weight is 479 g/mol. The number of hydrogen-bond acceptors (Lipinski definition) is 8. The molecule has 30 heavy (non-hydrogen) atoms. The number of morpholine rings is 1. The van der Waals surface area contributed by atoms with Crippen LogP contribution < -0.4 is 0 Å². The summed E-state index contributed by atoms with van der Waals surface area (Å²) in [7, 11) is -4.01. The van der Waals surface area contributed by atoms with Crippen LogP contribution in [0.2, 0.25) is 10.0 Å². The molecule has 1 fully saturated rings. The maximum Gasteiger partial charge on any atom is 0.340 e. The fourth-order valence-electron chi connectivity index (χ4n) is 2.78. The van der Waals surface area contributed by atoms with Crippen LogP contribution in [0.1, 0.15) is 24.2 Å². The second-order valence-corrected chi connectivity index (χ2v) is 9.08. The highest BCUT2D eigenvalue weighted by Gasteiger charge is 2.30. The van der Waals surface area contributed by atoms with Gasteiger partial charge in [-0.1, -0.05) is 23.2 Å². The molecule has 12 heteroatoms.